The summed E-state index contributed by atoms with van der Waals surface area (Å²) in [6, 6.07) is 0. The maximum absolute atomic E-state index is 12.2. The van der Waals surface area contributed by atoms with E-state index < -0.39 is 35.4 Å². The number of rotatable bonds is 2. The Balaban J connectivity index is 5.16. The van der Waals surface area contributed by atoms with Gasteiger partial charge in [0, 0.05) is 6.08 Å². The molecule has 0 aliphatic heterocycles. The van der Waals surface area contributed by atoms with Gasteiger partial charge >= 0.3 is 12.4 Å². The highest BCUT2D eigenvalue weighted by atomic mass is 19.4. The molecule has 0 radical (unpaired) electrons. The number of halogens is 6. The van der Waals surface area contributed by atoms with Crippen molar-refractivity contribution < 1.29 is 36.2 Å². The van der Waals surface area contributed by atoms with Crippen LogP contribution in [0, 0.1) is 5.41 Å². The lowest BCUT2D eigenvalue weighted by molar-refractivity contribution is -0.206. The summed E-state index contributed by atoms with van der Waals surface area (Å²) in [6.45, 7) is 0.922. The second-order valence-electron chi connectivity index (χ2n) is 3.51. The fourth-order valence-corrected chi connectivity index (χ4v) is 0.532. The first-order chi connectivity index (χ1) is 6.80. The molecule has 2 nitrogen and oxygen atoms in total. The van der Waals surface area contributed by atoms with E-state index in [1.807, 2.05) is 0 Å². The monoisotopic (exact) mass is 250 g/mol. The second kappa shape index (κ2) is 3.99. The van der Waals surface area contributed by atoms with E-state index in [4.69, 9.17) is 5.11 Å². The van der Waals surface area contributed by atoms with Gasteiger partial charge in [0.05, 0.1) is 0 Å². The van der Waals surface area contributed by atoms with E-state index in [9.17, 15) is 31.1 Å². The van der Waals surface area contributed by atoms with Crippen molar-refractivity contribution in [2.24, 2.45) is 5.41 Å². The second-order valence-corrected chi connectivity index (χ2v) is 3.51. The molecule has 16 heavy (non-hydrogen) atoms. The lowest BCUT2D eigenvalue weighted by atomic mass is 9.89. The van der Waals surface area contributed by atoms with Gasteiger partial charge in [0.15, 0.2) is 0 Å². The van der Waals surface area contributed by atoms with Crippen LogP contribution in [-0.4, -0.2) is 23.2 Å². The van der Waals surface area contributed by atoms with Gasteiger partial charge in [-0.1, -0.05) is 0 Å². The molecule has 0 rings (SSSR count). The molecule has 0 aliphatic rings. The molecule has 94 valence electrons. The average Bonchev–Trinajstić information content (AvgIpc) is 1.99. The summed E-state index contributed by atoms with van der Waals surface area (Å²) in [5.74, 6) is -4.22. The summed E-state index contributed by atoms with van der Waals surface area (Å²) in [6.07, 6.45) is -10.7. The third-order valence-electron chi connectivity index (χ3n) is 1.90. The highest BCUT2D eigenvalue weighted by Gasteiger charge is 2.51. The van der Waals surface area contributed by atoms with Gasteiger partial charge in [-0.05, 0) is 13.8 Å². The molecule has 0 heterocycles. The maximum atomic E-state index is 12.2. The molecule has 0 aliphatic carbocycles. The van der Waals surface area contributed by atoms with Crippen LogP contribution >= 0.6 is 0 Å². The van der Waals surface area contributed by atoms with Crippen LogP contribution in [0.15, 0.2) is 11.8 Å². The molecule has 0 atom stereocenters. The molecule has 0 unspecified atom stereocenters. The van der Waals surface area contributed by atoms with Crippen molar-refractivity contribution in [2.45, 2.75) is 26.2 Å². The third-order valence-corrected chi connectivity index (χ3v) is 1.90. The van der Waals surface area contributed by atoms with E-state index in [2.05, 4.69) is 0 Å². The van der Waals surface area contributed by atoms with Gasteiger partial charge in [-0.2, -0.15) is 26.3 Å². The number of aliphatic hydroxyl groups is 1. The van der Waals surface area contributed by atoms with Crippen LogP contribution in [0.5, 0.6) is 0 Å². The fraction of sp³-hybridized carbons (Fsp3) is 0.625. The minimum absolute atomic E-state index is 0.461. The average molecular weight is 250 g/mol. The Bertz CT molecular complexity index is 309. The Hall–Kier alpha value is -1.21. The van der Waals surface area contributed by atoms with Gasteiger partial charge in [0.25, 0.3) is 5.78 Å². The first kappa shape index (κ1) is 14.8. The van der Waals surface area contributed by atoms with Crippen molar-refractivity contribution in [1.29, 1.82) is 0 Å². The molecule has 0 bridgehead atoms. The van der Waals surface area contributed by atoms with Gasteiger partial charge in [-0.15, -0.1) is 0 Å². The Morgan fingerprint density at radius 3 is 1.69 bits per heavy atom. The van der Waals surface area contributed by atoms with Crippen molar-refractivity contribution in [1.82, 2.24) is 0 Å². The molecule has 0 aromatic rings. The zero-order valence-electron chi connectivity index (χ0n) is 8.20. The smallest absolute Gasteiger partial charge is 0.454 e. The van der Waals surface area contributed by atoms with Crippen molar-refractivity contribution in [3.63, 3.8) is 0 Å². The van der Waals surface area contributed by atoms with Gasteiger partial charge in [-0.3, -0.25) is 4.79 Å². The number of alkyl halides is 6. The number of carbonyl (C=O) groups excluding carboxylic acids is 1. The van der Waals surface area contributed by atoms with E-state index >= 15 is 0 Å². The van der Waals surface area contributed by atoms with Crippen molar-refractivity contribution >= 4 is 5.78 Å². The largest absolute Gasteiger partial charge is 0.511 e. The summed E-state index contributed by atoms with van der Waals surface area (Å²) in [4.78, 5) is 10.3. The molecule has 0 spiro atoms. The topological polar surface area (TPSA) is 37.3 Å². The predicted molar refractivity (Wildman–Crippen MR) is 41.6 cm³/mol. The van der Waals surface area contributed by atoms with Crippen LogP contribution in [0.1, 0.15) is 13.8 Å². The third kappa shape index (κ3) is 3.14. The summed E-state index contributed by atoms with van der Waals surface area (Å²) >= 11 is 0. The van der Waals surface area contributed by atoms with Crippen LogP contribution in [0.3, 0.4) is 0 Å². The molecule has 0 fully saturated rings. The number of hydrogen-bond acceptors (Lipinski definition) is 2. The molecule has 8 heteroatoms. The normalized spacial score (nSPS) is 15.1. The molecular weight excluding hydrogens is 242 g/mol. The van der Waals surface area contributed by atoms with Crippen molar-refractivity contribution in [3.8, 4) is 0 Å². The van der Waals surface area contributed by atoms with Gasteiger partial charge in [0.1, 0.15) is 11.2 Å². The highest BCUT2D eigenvalue weighted by Crippen LogP contribution is 2.42. The number of aliphatic hydroxyl groups excluding tert-OH is 1. The summed E-state index contributed by atoms with van der Waals surface area (Å²) in [5, 5.41) is 8.87. The lowest BCUT2D eigenvalue weighted by Crippen LogP contribution is -2.35. The lowest BCUT2D eigenvalue weighted by Gasteiger charge is -2.26. The molecule has 0 saturated carbocycles. The number of carbonyl (C=O) groups is 1. The Labute approximate surface area is 86.6 Å². The number of hydrogen-bond donors (Lipinski definition) is 1. The van der Waals surface area contributed by atoms with Gasteiger partial charge in [-0.25, -0.2) is 0 Å². The maximum Gasteiger partial charge on any atom is 0.454 e. The highest BCUT2D eigenvalue weighted by molar-refractivity contribution is 5.94. The Morgan fingerprint density at radius 1 is 1.06 bits per heavy atom. The van der Waals surface area contributed by atoms with Crippen LogP contribution < -0.4 is 0 Å². The molecule has 0 saturated heterocycles. The van der Waals surface area contributed by atoms with E-state index in [1.165, 1.54) is 0 Å². The molecule has 1 N–H and O–H groups in total. The number of allylic oxidation sites excluding steroid dienone is 2. The Morgan fingerprint density at radius 2 is 1.44 bits per heavy atom. The molecule has 0 aromatic carbocycles. The first-order valence-corrected chi connectivity index (χ1v) is 3.89. The van der Waals surface area contributed by atoms with E-state index in [-0.39, 0.29) is 0 Å². The molecular formula is C8H8F6O2. The number of ketones is 1. The first-order valence-electron chi connectivity index (χ1n) is 3.89. The fourth-order valence-electron chi connectivity index (χ4n) is 0.532. The summed E-state index contributed by atoms with van der Waals surface area (Å²) < 4.78 is 71.8. The minimum Gasteiger partial charge on any atom is -0.511 e. The SMILES string of the molecule is CC(C)(C(O)=CC(=O)C(F)(F)F)C(F)(F)F. The van der Waals surface area contributed by atoms with Gasteiger partial charge in [0.2, 0.25) is 0 Å². The van der Waals surface area contributed by atoms with Crippen LogP contribution in [-0.2, 0) is 4.79 Å². The summed E-state index contributed by atoms with van der Waals surface area (Å²) in [7, 11) is 0. The predicted octanol–water partition coefficient (Wildman–Crippen LogP) is 3.15. The van der Waals surface area contributed by atoms with Gasteiger partial charge < -0.3 is 5.11 Å². The summed E-state index contributed by atoms with van der Waals surface area (Å²) in [5.41, 5.74) is -2.91. The van der Waals surface area contributed by atoms with E-state index in [1.54, 1.807) is 0 Å². The van der Waals surface area contributed by atoms with Crippen molar-refractivity contribution in [3.05, 3.63) is 11.8 Å². The molecule has 0 amide bonds. The zero-order chi connectivity index (χ0) is 13.4. The van der Waals surface area contributed by atoms with Crippen LogP contribution in [0.25, 0.3) is 0 Å². The zero-order valence-corrected chi connectivity index (χ0v) is 8.20. The van der Waals surface area contributed by atoms with Crippen LogP contribution in [0.4, 0.5) is 26.3 Å². The van der Waals surface area contributed by atoms with E-state index in [0.29, 0.717) is 13.8 Å². The van der Waals surface area contributed by atoms with Crippen LogP contribution in [0.2, 0.25) is 0 Å². The van der Waals surface area contributed by atoms with Crippen molar-refractivity contribution in [2.75, 3.05) is 0 Å². The standard InChI is InChI=1S/C8H8F6O2/c1-6(2,8(12,13)14)4(15)3-5(16)7(9,10)11/h3,15H,1-2H3. The molecule has 0 aromatic heterocycles. The minimum atomic E-state index is -5.31. The Kier molecular flexibility index (Phi) is 3.68. The van der Waals surface area contributed by atoms with E-state index in [0.717, 1.165) is 0 Å². The quantitative estimate of drug-likeness (QED) is 0.464.